The molecule has 102 valence electrons. The van der Waals surface area contributed by atoms with Crippen LogP contribution in [0.25, 0.3) is 0 Å². The molecular weight excluding hydrogens is 252 g/mol. The number of rotatable bonds is 5. The molecule has 0 aliphatic carbocycles. The summed E-state index contributed by atoms with van der Waals surface area (Å²) in [6, 6.07) is 13.4. The average Bonchev–Trinajstić information content (AvgIpc) is 2.48. The van der Waals surface area contributed by atoms with E-state index in [9.17, 15) is 4.79 Å². The van der Waals surface area contributed by atoms with Crippen molar-refractivity contribution >= 4 is 18.0 Å². The summed E-state index contributed by atoms with van der Waals surface area (Å²) in [5, 5.41) is 0. The number of esters is 1. The van der Waals surface area contributed by atoms with Crippen molar-refractivity contribution in [3.63, 3.8) is 0 Å². The topological polar surface area (TPSA) is 51.5 Å². The van der Waals surface area contributed by atoms with Crippen molar-refractivity contribution in [2.75, 3.05) is 6.61 Å². The molecule has 4 heteroatoms. The molecule has 1 aromatic heterocycles. The van der Waals surface area contributed by atoms with Crippen LogP contribution in [0.4, 0.5) is 5.82 Å². The van der Waals surface area contributed by atoms with Crippen LogP contribution in [0.5, 0.6) is 0 Å². The molecule has 2 aromatic rings. The van der Waals surface area contributed by atoms with E-state index in [0.717, 1.165) is 11.1 Å². The quantitative estimate of drug-likeness (QED) is 0.619. The maximum absolute atomic E-state index is 11.5. The van der Waals surface area contributed by atoms with Crippen molar-refractivity contribution in [1.29, 1.82) is 0 Å². The minimum Gasteiger partial charge on any atom is -0.466 e. The smallest absolute Gasteiger partial charge is 0.310 e. The van der Waals surface area contributed by atoms with Gasteiger partial charge in [-0.05, 0) is 18.6 Å². The Labute approximate surface area is 118 Å². The van der Waals surface area contributed by atoms with Gasteiger partial charge in [0.1, 0.15) is 0 Å². The summed E-state index contributed by atoms with van der Waals surface area (Å²) in [6.07, 6.45) is 3.58. The van der Waals surface area contributed by atoms with Crippen LogP contribution in [-0.4, -0.2) is 23.8 Å². The first-order valence-corrected chi connectivity index (χ1v) is 6.48. The molecular formula is C16H16N2O2. The zero-order valence-corrected chi connectivity index (χ0v) is 11.3. The number of benzene rings is 1. The van der Waals surface area contributed by atoms with Gasteiger partial charge in [0.2, 0.25) is 0 Å². The van der Waals surface area contributed by atoms with E-state index in [-0.39, 0.29) is 12.4 Å². The lowest BCUT2D eigenvalue weighted by Gasteiger charge is -2.04. The number of carbonyl (C=O) groups is 1. The minimum atomic E-state index is -0.267. The Morgan fingerprint density at radius 3 is 2.80 bits per heavy atom. The molecule has 20 heavy (non-hydrogen) atoms. The van der Waals surface area contributed by atoms with Crippen molar-refractivity contribution < 1.29 is 9.53 Å². The highest BCUT2D eigenvalue weighted by atomic mass is 16.5. The highest BCUT2D eigenvalue weighted by Gasteiger charge is 2.08. The van der Waals surface area contributed by atoms with Crippen molar-refractivity contribution in [3.05, 3.63) is 59.8 Å². The fourth-order valence-corrected chi connectivity index (χ4v) is 1.73. The maximum atomic E-state index is 11.5. The summed E-state index contributed by atoms with van der Waals surface area (Å²) in [7, 11) is 0. The third kappa shape index (κ3) is 4.02. The molecule has 4 nitrogen and oxygen atoms in total. The Hall–Kier alpha value is -2.49. The highest BCUT2D eigenvalue weighted by molar-refractivity contribution is 5.82. The third-order valence-electron chi connectivity index (χ3n) is 2.64. The first-order chi connectivity index (χ1) is 9.79. The summed E-state index contributed by atoms with van der Waals surface area (Å²) in [4.78, 5) is 20.1. The standard InChI is InChI=1S/C16H16N2O2/c1-2-20-15(19)11-14-9-6-10-17-16(14)18-12-13-7-4-3-5-8-13/h3-10,12H,2,11H2,1H3. The molecule has 0 unspecified atom stereocenters. The lowest BCUT2D eigenvalue weighted by Crippen LogP contribution is -2.07. The first kappa shape index (κ1) is 13.9. The monoisotopic (exact) mass is 268 g/mol. The zero-order valence-electron chi connectivity index (χ0n) is 11.3. The van der Waals surface area contributed by atoms with Gasteiger partial charge in [0.15, 0.2) is 5.82 Å². The Bertz CT molecular complexity index is 594. The lowest BCUT2D eigenvalue weighted by molar-refractivity contribution is -0.142. The molecule has 1 aromatic carbocycles. The van der Waals surface area contributed by atoms with E-state index < -0.39 is 0 Å². The molecule has 0 atom stereocenters. The average molecular weight is 268 g/mol. The summed E-state index contributed by atoms with van der Waals surface area (Å²) < 4.78 is 4.94. The van der Waals surface area contributed by atoms with Crippen LogP contribution in [0.15, 0.2) is 53.7 Å². The van der Waals surface area contributed by atoms with E-state index in [1.165, 1.54) is 0 Å². The van der Waals surface area contributed by atoms with Crippen LogP contribution in [-0.2, 0) is 16.0 Å². The fourth-order valence-electron chi connectivity index (χ4n) is 1.73. The number of ether oxygens (including phenoxy) is 1. The molecule has 0 aliphatic heterocycles. The maximum Gasteiger partial charge on any atom is 0.310 e. The summed E-state index contributed by atoms with van der Waals surface area (Å²) in [6.45, 7) is 2.16. The van der Waals surface area contributed by atoms with E-state index in [2.05, 4.69) is 9.98 Å². The predicted molar refractivity (Wildman–Crippen MR) is 78.3 cm³/mol. The van der Waals surface area contributed by atoms with E-state index in [0.29, 0.717) is 12.4 Å². The van der Waals surface area contributed by atoms with Gasteiger partial charge in [0, 0.05) is 18.0 Å². The molecule has 1 heterocycles. The van der Waals surface area contributed by atoms with Crippen LogP contribution >= 0.6 is 0 Å². The molecule has 0 spiro atoms. The van der Waals surface area contributed by atoms with E-state index in [1.54, 1.807) is 25.4 Å². The number of aromatic nitrogens is 1. The second-order valence-corrected chi connectivity index (χ2v) is 4.14. The Balaban J connectivity index is 2.16. The molecule has 0 aliphatic rings. The van der Waals surface area contributed by atoms with Gasteiger partial charge in [-0.3, -0.25) is 4.79 Å². The van der Waals surface area contributed by atoms with E-state index >= 15 is 0 Å². The molecule has 0 N–H and O–H groups in total. The molecule has 0 amide bonds. The van der Waals surface area contributed by atoms with Gasteiger partial charge in [-0.15, -0.1) is 0 Å². The number of carbonyl (C=O) groups excluding carboxylic acids is 1. The number of nitrogens with zero attached hydrogens (tertiary/aromatic N) is 2. The van der Waals surface area contributed by atoms with E-state index in [1.807, 2.05) is 36.4 Å². The van der Waals surface area contributed by atoms with Crippen molar-refractivity contribution in [1.82, 2.24) is 4.98 Å². The minimum absolute atomic E-state index is 0.184. The molecule has 0 saturated heterocycles. The van der Waals surface area contributed by atoms with Gasteiger partial charge in [-0.1, -0.05) is 36.4 Å². The van der Waals surface area contributed by atoms with Gasteiger partial charge < -0.3 is 4.74 Å². The number of pyridine rings is 1. The lowest BCUT2D eigenvalue weighted by atomic mass is 10.2. The Morgan fingerprint density at radius 2 is 2.05 bits per heavy atom. The van der Waals surface area contributed by atoms with Gasteiger partial charge >= 0.3 is 5.97 Å². The van der Waals surface area contributed by atoms with Crippen LogP contribution in [0, 0.1) is 0 Å². The van der Waals surface area contributed by atoms with Crippen LogP contribution in [0.2, 0.25) is 0 Å². The molecule has 0 fully saturated rings. The van der Waals surface area contributed by atoms with Crippen molar-refractivity contribution in [2.45, 2.75) is 13.3 Å². The number of hydrogen-bond acceptors (Lipinski definition) is 4. The van der Waals surface area contributed by atoms with Crippen LogP contribution in [0.3, 0.4) is 0 Å². The van der Waals surface area contributed by atoms with Crippen molar-refractivity contribution in [3.8, 4) is 0 Å². The Kier molecular flexibility index (Phi) is 5.00. The van der Waals surface area contributed by atoms with Gasteiger partial charge in [-0.2, -0.15) is 0 Å². The second kappa shape index (κ2) is 7.19. The van der Waals surface area contributed by atoms with Crippen LogP contribution < -0.4 is 0 Å². The largest absolute Gasteiger partial charge is 0.466 e. The fraction of sp³-hybridized carbons (Fsp3) is 0.188. The number of aliphatic imine (C=N–C) groups is 1. The Morgan fingerprint density at radius 1 is 1.25 bits per heavy atom. The molecule has 2 rings (SSSR count). The molecule has 0 radical (unpaired) electrons. The summed E-state index contributed by atoms with van der Waals surface area (Å²) >= 11 is 0. The van der Waals surface area contributed by atoms with Gasteiger partial charge in [0.25, 0.3) is 0 Å². The molecule has 0 saturated carbocycles. The number of hydrogen-bond donors (Lipinski definition) is 0. The van der Waals surface area contributed by atoms with Gasteiger partial charge in [-0.25, -0.2) is 9.98 Å². The summed E-state index contributed by atoms with van der Waals surface area (Å²) in [5.41, 5.74) is 1.75. The molecule has 0 bridgehead atoms. The predicted octanol–water partition coefficient (Wildman–Crippen LogP) is 2.94. The first-order valence-electron chi connectivity index (χ1n) is 6.48. The van der Waals surface area contributed by atoms with Crippen molar-refractivity contribution in [2.24, 2.45) is 4.99 Å². The third-order valence-corrected chi connectivity index (χ3v) is 2.64. The van der Waals surface area contributed by atoms with Crippen LogP contribution in [0.1, 0.15) is 18.1 Å². The zero-order chi connectivity index (χ0) is 14.2. The van der Waals surface area contributed by atoms with Gasteiger partial charge in [0.05, 0.1) is 13.0 Å². The summed E-state index contributed by atoms with van der Waals surface area (Å²) in [5.74, 6) is 0.279. The highest BCUT2D eigenvalue weighted by Crippen LogP contribution is 2.16. The normalized spacial score (nSPS) is 10.7. The second-order valence-electron chi connectivity index (χ2n) is 4.14. The van der Waals surface area contributed by atoms with E-state index in [4.69, 9.17) is 4.74 Å². The SMILES string of the molecule is CCOC(=O)Cc1cccnc1N=Cc1ccccc1.